The second-order valence-corrected chi connectivity index (χ2v) is 3.79. The van der Waals surface area contributed by atoms with Gasteiger partial charge in [0, 0.05) is 19.2 Å². The van der Waals surface area contributed by atoms with Gasteiger partial charge in [-0.3, -0.25) is 10.1 Å². The second kappa shape index (κ2) is 4.02. The predicted octanol–water partition coefficient (Wildman–Crippen LogP) is 2.11. The molecule has 0 bridgehead atoms. The molecule has 5 heteroatoms. The zero-order valence-electron chi connectivity index (χ0n) is 8.79. The van der Waals surface area contributed by atoms with Crippen LogP contribution in [0.5, 0.6) is 0 Å². The Morgan fingerprint density at radius 1 is 1.44 bits per heavy atom. The summed E-state index contributed by atoms with van der Waals surface area (Å²) in [5, 5.41) is 13.8. The average molecular weight is 222 g/mol. The lowest BCUT2D eigenvalue weighted by Gasteiger charge is -2.03. The number of hydrogen-bond acceptors (Lipinski definition) is 3. The fourth-order valence-corrected chi connectivity index (χ4v) is 1.82. The zero-order valence-corrected chi connectivity index (χ0v) is 8.79. The van der Waals surface area contributed by atoms with Gasteiger partial charge in [-0.15, -0.1) is 0 Å². The SMILES string of the molecule is CC1=C(c2ccc(F)c([N+](=O)[O-])c2)CNC1. The molecule has 0 spiro atoms. The highest BCUT2D eigenvalue weighted by molar-refractivity contribution is 5.73. The van der Waals surface area contributed by atoms with E-state index in [1.54, 1.807) is 6.07 Å². The van der Waals surface area contributed by atoms with Crippen LogP contribution >= 0.6 is 0 Å². The predicted molar refractivity (Wildman–Crippen MR) is 58.5 cm³/mol. The third-order valence-electron chi connectivity index (χ3n) is 2.70. The van der Waals surface area contributed by atoms with Crippen molar-refractivity contribution in [3.63, 3.8) is 0 Å². The third kappa shape index (κ3) is 1.81. The number of nitro groups is 1. The van der Waals surface area contributed by atoms with E-state index in [1.807, 2.05) is 6.92 Å². The molecule has 0 unspecified atom stereocenters. The maximum Gasteiger partial charge on any atom is 0.305 e. The average Bonchev–Trinajstić information content (AvgIpc) is 2.65. The van der Waals surface area contributed by atoms with Gasteiger partial charge >= 0.3 is 5.69 Å². The van der Waals surface area contributed by atoms with Crippen molar-refractivity contribution in [2.45, 2.75) is 6.92 Å². The number of halogens is 1. The van der Waals surface area contributed by atoms with E-state index in [0.29, 0.717) is 6.54 Å². The lowest BCUT2D eigenvalue weighted by Crippen LogP contribution is -2.08. The summed E-state index contributed by atoms with van der Waals surface area (Å²) >= 11 is 0. The molecule has 1 heterocycles. The molecule has 0 aromatic heterocycles. The van der Waals surface area contributed by atoms with Gasteiger partial charge in [0.05, 0.1) is 4.92 Å². The number of nitrogens with one attached hydrogen (secondary N) is 1. The molecule has 1 aliphatic rings. The van der Waals surface area contributed by atoms with Gasteiger partial charge in [-0.2, -0.15) is 4.39 Å². The van der Waals surface area contributed by atoms with Gasteiger partial charge in [-0.1, -0.05) is 11.6 Å². The summed E-state index contributed by atoms with van der Waals surface area (Å²) in [6, 6.07) is 4.02. The first-order chi connectivity index (χ1) is 7.59. The van der Waals surface area contributed by atoms with E-state index in [-0.39, 0.29) is 0 Å². The first kappa shape index (κ1) is 10.8. The minimum absolute atomic E-state index is 0.468. The number of hydrogen-bond donors (Lipinski definition) is 1. The summed E-state index contributed by atoms with van der Waals surface area (Å²) in [6.07, 6.45) is 0. The van der Waals surface area contributed by atoms with Gasteiger partial charge in [0.25, 0.3) is 0 Å². The van der Waals surface area contributed by atoms with Crippen molar-refractivity contribution >= 4 is 11.3 Å². The van der Waals surface area contributed by atoms with Crippen molar-refractivity contribution in [2.75, 3.05) is 13.1 Å². The van der Waals surface area contributed by atoms with Gasteiger partial charge in [-0.25, -0.2) is 0 Å². The molecule has 1 aliphatic heterocycles. The Morgan fingerprint density at radius 2 is 2.19 bits per heavy atom. The Labute approximate surface area is 91.9 Å². The summed E-state index contributed by atoms with van der Waals surface area (Å²) in [7, 11) is 0. The Morgan fingerprint density at radius 3 is 2.75 bits per heavy atom. The fraction of sp³-hybridized carbons (Fsp3) is 0.273. The summed E-state index contributed by atoms with van der Waals surface area (Å²) in [6.45, 7) is 3.42. The molecule has 16 heavy (non-hydrogen) atoms. The first-order valence-electron chi connectivity index (χ1n) is 4.93. The number of nitrogens with zero attached hydrogens (tertiary/aromatic N) is 1. The monoisotopic (exact) mass is 222 g/mol. The van der Waals surface area contributed by atoms with Crippen molar-refractivity contribution in [1.82, 2.24) is 5.32 Å². The molecule has 4 nitrogen and oxygen atoms in total. The van der Waals surface area contributed by atoms with E-state index >= 15 is 0 Å². The van der Waals surface area contributed by atoms with Gasteiger partial charge < -0.3 is 5.32 Å². The fourth-order valence-electron chi connectivity index (χ4n) is 1.82. The molecule has 0 aliphatic carbocycles. The standard InChI is InChI=1S/C11H11FN2O2/c1-7-5-13-6-9(7)8-2-3-10(12)11(4-8)14(15)16/h2-4,13H,5-6H2,1H3. The van der Waals surface area contributed by atoms with Crippen LogP contribution in [0.25, 0.3) is 5.57 Å². The molecule has 1 aromatic rings. The van der Waals surface area contributed by atoms with Crippen molar-refractivity contribution < 1.29 is 9.31 Å². The minimum atomic E-state index is -0.794. The maximum atomic E-state index is 13.1. The summed E-state index contributed by atoms with van der Waals surface area (Å²) in [5.41, 5.74) is 2.41. The molecule has 0 amide bonds. The molecule has 2 rings (SSSR count). The number of benzene rings is 1. The highest BCUT2D eigenvalue weighted by Gasteiger charge is 2.18. The van der Waals surface area contributed by atoms with Gasteiger partial charge in [-0.05, 0) is 24.1 Å². The number of rotatable bonds is 2. The van der Waals surface area contributed by atoms with Crippen LogP contribution in [0, 0.1) is 15.9 Å². The van der Waals surface area contributed by atoms with Crippen LogP contribution in [0.15, 0.2) is 23.8 Å². The van der Waals surface area contributed by atoms with Crippen molar-refractivity contribution in [3.05, 3.63) is 45.3 Å². The van der Waals surface area contributed by atoms with Crippen molar-refractivity contribution in [1.29, 1.82) is 0 Å². The maximum absolute atomic E-state index is 13.1. The summed E-state index contributed by atoms with van der Waals surface area (Å²) in [4.78, 5) is 9.91. The molecule has 1 aromatic carbocycles. The van der Waals surface area contributed by atoms with Crippen molar-refractivity contribution in [3.8, 4) is 0 Å². The topological polar surface area (TPSA) is 55.2 Å². The molecule has 0 radical (unpaired) electrons. The van der Waals surface area contributed by atoms with E-state index in [2.05, 4.69) is 5.32 Å². The van der Waals surface area contributed by atoms with Gasteiger partial charge in [0.15, 0.2) is 0 Å². The smallest absolute Gasteiger partial charge is 0.305 e. The molecule has 84 valence electrons. The highest BCUT2D eigenvalue weighted by atomic mass is 19.1. The zero-order chi connectivity index (χ0) is 11.7. The van der Waals surface area contributed by atoms with E-state index < -0.39 is 16.4 Å². The highest BCUT2D eigenvalue weighted by Crippen LogP contribution is 2.26. The van der Waals surface area contributed by atoms with Crippen LogP contribution in [-0.4, -0.2) is 18.0 Å². The van der Waals surface area contributed by atoms with Crippen molar-refractivity contribution in [2.24, 2.45) is 0 Å². The Hall–Kier alpha value is -1.75. The third-order valence-corrected chi connectivity index (χ3v) is 2.70. The summed E-state index contributed by atoms with van der Waals surface area (Å²) in [5.74, 6) is -0.794. The van der Waals surface area contributed by atoms with Crippen LogP contribution in [-0.2, 0) is 0 Å². The summed E-state index contributed by atoms with van der Waals surface area (Å²) < 4.78 is 13.1. The lowest BCUT2D eigenvalue weighted by atomic mass is 10.0. The molecular weight excluding hydrogens is 211 g/mol. The van der Waals surface area contributed by atoms with E-state index in [1.165, 1.54) is 6.07 Å². The first-order valence-corrected chi connectivity index (χ1v) is 4.93. The second-order valence-electron chi connectivity index (χ2n) is 3.79. The molecule has 0 fully saturated rings. The molecule has 1 N–H and O–H groups in total. The molecule has 0 saturated carbocycles. The van der Waals surface area contributed by atoms with E-state index in [4.69, 9.17) is 0 Å². The van der Waals surface area contributed by atoms with Crippen LogP contribution < -0.4 is 5.32 Å². The lowest BCUT2D eigenvalue weighted by molar-refractivity contribution is -0.387. The van der Waals surface area contributed by atoms with Crippen LogP contribution in [0.3, 0.4) is 0 Å². The molecule has 0 saturated heterocycles. The van der Waals surface area contributed by atoms with Crippen LogP contribution in [0.1, 0.15) is 12.5 Å². The van der Waals surface area contributed by atoms with E-state index in [0.717, 1.165) is 29.3 Å². The quantitative estimate of drug-likeness (QED) is 0.616. The van der Waals surface area contributed by atoms with E-state index in [9.17, 15) is 14.5 Å². The molecule has 0 atom stereocenters. The van der Waals surface area contributed by atoms with Gasteiger partial charge in [0.1, 0.15) is 0 Å². The van der Waals surface area contributed by atoms with Crippen LogP contribution in [0.2, 0.25) is 0 Å². The Bertz CT molecular complexity index is 483. The largest absolute Gasteiger partial charge is 0.309 e. The minimum Gasteiger partial charge on any atom is -0.309 e. The molecular formula is C11H11FN2O2. The van der Waals surface area contributed by atoms with Gasteiger partial charge in [0.2, 0.25) is 5.82 Å². The normalized spacial score (nSPS) is 15.6. The Balaban J connectivity index is 2.48. The van der Waals surface area contributed by atoms with Crippen LogP contribution in [0.4, 0.5) is 10.1 Å². The number of nitro benzene ring substituents is 1. The Kier molecular flexibility index (Phi) is 2.70.